The average molecular weight is 731 g/mol. The normalized spacial score (nSPS) is 22.7. The van der Waals surface area contributed by atoms with E-state index in [4.69, 9.17) is 28.0 Å². The smallest absolute Gasteiger partial charge is 0.459 e. The van der Waals surface area contributed by atoms with E-state index in [0.29, 0.717) is 9.13 Å². The van der Waals surface area contributed by atoms with Gasteiger partial charge in [0.1, 0.15) is 30.0 Å². The third-order valence-electron chi connectivity index (χ3n) is 7.31. The Bertz CT molecular complexity index is 1650. The van der Waals surface area contributed by atoms with Gasteiger partial charge in [-0.3, -0.25) is 18.7 Å². The molecule has 7 atom stereocenters. The summed E-state index contributed by atoms with van der Waals surface area (Å²) < 4.78 is 63.0. The number of halogens is 1. The lowest BCUT2D eigenvalue weighted by molar-refractivity contribution is -0.151. The number of aromatic nitrogens is 2. The fourth-order valence-corrected chi connectivity index (χ4v) is 6.20. The first kappa shape index (κ1) is 40.3. The summed E-state index contributed by atoms with van der Waals surface area (Å²) in [5.74, 6) is -2.10. The number of alkyl carbamates (subject to hydrolysis) is 1. The molecular weight excluding hydrogens is 686 g/mol. The van der Waals surface area contributed by atoms with E-state index in [2.05, 4.69) is 10.4 Å². The maximum absolute atomic E-state index is 16.1. The minimum atomic E-state index is -4.44. The Hall–Kier alpha value is -4.09. The Kier molecular flexibility index (Phi) is 13.9. The molecule has 2 heterocycles. The molecule has 1 aromatic heterocycles. The highest BCUT2D eigenvalue weighted by Gasteiger charge is 2.56. The van der Waals surface area contributed by atoms with E-state index in [1.54, 1.807) is 52.8 Å². The molecule has 1 fully saturated rings. The summed E-state index contributed by atoms with van der Waals surface area (Å²) in [6, 6.07) is 6.35. The fraction of sp³-hybridized carbons (Fsp3) is 0.581. The molecule has 0 spiro atoms. The second-order valence-corrected chi connectivity index (χ2v) is 13.8. The van der Waals surface area contributed by atoms with Gasteiger partial charge in [-0.1, -0.05) is 32.0 Å². The van der Waals surface area contributed by atoms with Gasteiger partial charge in [0.2, 0.25) is 0 Å². The molecular formula is C31H44FN4O13P. The molecule has 3 rings (SSSR count). The minimum Gasteiger partial charge on any atom is -0.462 e. The number of aliphatic hydroxyl groups is 1. The molecule has 2 aromatic rings. The predicted octanol–water partition coefficient (Wildman–Crippen LogP) is 2.40. The molecule has 1 saturated heterocycles. The van der Waals surface area contributed by atoms with Crippen molar-refractivity contribution in [3.63, 3.8) is 0 Å². The van der Waals surface area contributed by atoms with Crippen LogP contribution in [-0.2, 0) is 44.4 Å². The number of para-hydroxylation sites is 1. The van der Waals surface area contributed by atoms with Gasteiger partial charge < -0.3 is 33.9 Å². The summed E-state index contributed by atoms with van der Waals surface area (Å²) in [6.07, 6.45) is -5.77. The minimum absolute atomic E-state index is 0.0504. The van der Waals surface area contributed by atoms with Crippen molar-refractivity contribution >= 4 is 25.8 Å². The molecule has 1 unspecified atom stereocenters. The number of hydrogen-bond acceptors (Lipinski definition) is 13. The van der Waals surface area contributed by atoms with Crippen LogP contribution in [0.3, 0.4) is 0 Å². The lowest BCUT2D eigenvalue weighted by atomic mass is 9.98. The van der Waals surface area contributed by atoms with Crippen LogP contribution in [0.1, 0.15) is 54.7 Å². The van der Waals surface area contributed by atoms with Crippen molar-refractivity contribution in [1.82, 2.24) is 19.5 Å². The Labute approximate surface area is 287 Å². The maximum atomic E-state index is 16.1. The highest BCUT2D eigenvalue weighted by Crippen LogP contribution is 2.47. The van der Waals surface area contributed by atoms with Gasteiger partial charge in [0.25, 0.3) is 5.56 Å². The van der Waals surface area contributed by atoms with Gasteiger partial charge >= 0.3 is 31.5 Å². The van der Waals surface area contributed by atoms with Crippen LogP contribution < -0.4 is 26.2 Å². The third kappa shape index (κ3) is 10.2. The summed E-state index contributed by atoms with van der Waals surface area (Å²) >= 11 is 0. The third-order valence-corrected chi connectivity index (χ3v) is 8.95. The van der Waals surface area contributed by atoms with Crippen molar-refractivity contribution in [1.29, 1.82) is 0 Å². The Morgan fingerprint density at radius 1 is 1.06 bits per heavy atom. The zero-order chi connectivity index (χ0) is 37.4. The molecule has 0 saturated carbocycles. The zero-order valence-corrected chi connectivity index (χ0v) is 29.7. The molecule has 17 nitrogen and oxygen atoms in total. The fourth-order valence-electron chi connectivity index (χ4n) is 4.70. The molecule has 0 radical (unpaired) electrons. The van der Waals surface area contributed by atoms with E-state index in [1.807, 2.05) is 0 Å². The molecule has 1 aliphatic heterocycles. The van der Waals surface area contributed by atoms with Crippen LogP contribution in [0.25, 0.3) is 0 Å². The Morgan fingerprint density at radius 3 is 2.32 bits per heavy atom. The van der Waals surface area contributed by atoms with Gasteiger partial charge in [-0.05, 0) is 52.7 Å². The van der Waals surface area contributed by atoms with Crippen molar-refractivity contribution in [2.75, 3.05) is 13.2 Å². The van der Waals surface area contributed by atoms with E-state index in [0.717, 1.165) is 19.2 Å². The molecule has 278 valence electrons. The van der Waals surface area contributed by atoms with Gasteiger partial charge in [-0.2, -0.15) is 5.09 Å². The summed E-state index contributed by atoms with van der Waals surface area (Å²) in [4.78, 5) is 63.1. The van der Waals surface area contributed by atoms with Crippen LogP contribution in [0.5, 0.6) is 5.75 Å². The lowest BCUT2D eigenvalue weighted by Gasteiger charge is -2.26. The number of esters is 2. The highest BCUT2D eigenvalue weighted by molar-refractivity contribution is 7.52. The van der Waals surface area contributed by atoms with Crippen LogP contribution >= 0.6 is 7.75 Å². The van der Waals surface area contributed by atoms with Crippen LogP contribution in [0.2, 0.25) is 0 Å². The monoisotopic (exact) mass is 730 g/mol. The topological polar surface area (TPSA) is 212 Å². The molecule has 1 aromatic carbocycles. The van der Waals surface area contributed by atoms with Gasteiger partial charge in [-0.25, -0.2) is 27.9 Å². The first-order valence-electron chi connectivity index (χ1n) is 15.8. The summed E-state index contributed by atoms with van der Waals surface area (Å²) in [7, 11) is -4.44. The maximum Gasteiger partial charge on any atom is 0.459 e. The first-order valence-corrected chi connectivity index (χ1v) is 17.4. The quantitative estimate of drug-likeness (QED) is 0.129. The molecule has 1 amide bonds. The zero-order valence-electron chi connectivity index (χ0n) is 28.8. The SMILES string of the molecule is CCOC(=O)N[C@H](C(=O)OCn1c(=O)ccn([C@@H]2O[C@H](COP(=O)(N[C@@H](C)C(=O)OC(C)C)Oc3ccccc3)[C@@H](O)[C@@]2(C)F)c1=O)C(C)C. The number of nitrogens with zero attached hydrogens (tertiary/aromatic N) is 2. The summed E-state index contributed by atoms with van der Waals surface area (Å²) in [5.41, 5.74) is -4.76. The Morgan fingerprint density at radius 2 is 1.72 bits per heavy atom. The standard InChI is InChI=1S/C31H44FN4O13P/c1-8-44-29(41)33-24(18(2)3)27(40)45-17-36-23(37)14-15-35(30(36)42)28-31(7,32)25(38)22(48-28)16-46-50(43,49-21-12-10-9-11-13-21)34-20(6)26(39)47-19(4)5/h9-15,18-20,22,24-25,28,38H,8,16-17H2,1-7H3,(H,33,41)(H,34,43)/t20-,22+,24-,25+,28+,31+,50?/m0/s1. The van der Waals surface area contributed by atoms with E-state index in [1.165, 1.54) is 19.1 Å². The number of nitrogens with one attached hydrogen (secondary N) is 2. The molecule has 0 aliphatic carbocycles. The average Bonchev–Trinajstić information content (AvgIpc) is 3.26. The predicted molar refractivity (Wildman–Crippen MR) is 174 cm³/mol. The van der Waals surface area contributed by atoms with Gasteiger partial charge in [0.15, 0.2) is 18.6 Å². The van der Waals surface area contributed by atoms with E-state index in [-0.39, 0.29) is 12.4 Å². The summed E-state index contributed by atoms with van der Waals surface area (Å²) in [5, 5.41) is 15.7. The molecule has 1 aliphatic rings. The van der Waals surface area contributed by atoms with Crippen LogP contribution in [0.4, 0.5) is 9.18 Å². The number of benzene rings is 1. The van der Waals surface area contributed by atoms with Crippen molar-refractivity contribution in [2.45, 2.75) is 97.5 Å². The lowest BCUT2D eigenvalue weighted by Crippen LogP contribution is -2.48. The van der Waals surface area contributed by atoms with Gasteiger partial charge in [0, 0.05) is 12.3 Å². The van der Waals surface area contributed by atoms with E-state index >= 15 is 4.39 Å². The molecule has 3 N–H and O–H groups in total. The van der Waals surface area contributed by atoms with Crippen molar-refractivity contribution in [2.24, 2.45) is 5.92 Å². The van der Waals surface area contributed by atoms with E-state index in [9.17, 15) is 33.6 Å². The van der Waals surface area contributed by atoms with Crippen molar-refractivity contribution < 1.29 is 56.4 Å². The number of alkyl halides is 1. The van der Waals surface area contributed by atoms with E-state index < -0.39 is 98.6 Å². The molecule has 50 heavy (non-hydrogen) atoms. The summed E-state index contributed by atoms with van der Waals surface area (Å²) in [6.45, 7) is 8.77. The largest absolute Gasteiger partial charge is 0.462 e. The van der Waals surface area contributed by atoms with Gasteiger partial charge in [0.05, 0.1) is 19.3 Å². The van der Waals surface area contributed by atoms with Crippen LogP contribution in [0.15, 0.2) is 52.2 Å². The number of amides is 1. The first-order chi connectivity index (χ1) is 23.4. The molecule has 0 bridgehead atoms. The van der Waals surface area contributed by atoms with Crippen molar-refractivity contribution in [3.05, 3.63) is 63.4 Å². The number of ether oxygens (including phenoxy) is 4. The van der Waals surface area contributed by atoms with Crippen LogP contribution in [-0.4, -0.2) is 81.6 Å². The number of hydrogen-bond donors (Lipinski definition) is 3. The molecule has 19 heteroatoms. The van der Waals surface area contributed by atoms with Gasteiger partial charge in [-0.15, -0.1) is 0 Å². The Balaban J connectivity index is 1.81. The number of rotatable bonds is 16. The highest BCUT2D eigenvalue weighted by atomic mass is 31.2. The second kappa shape index (κ2) is 17.2. The van der Waals surface area contributed by atoms with Crippen molar-refractivity contribution in [3.8, 4) is 5.75 Å². The second-order valence-electron chi connectivity index (χ2n) is 12.1. The number of carbonyl (C=O) groups is 3. The number of carbonyl (C=O) groups excluding carboxylic acids is 3. The number of aliphatic hydroxyl groups excluding tert-OH is 1. The van der Waals surface area contributed by atoms with Crippen LogP contribution in [0, 0.1) is 5.92 Å².